The number of rotatable bonds is 3. The highest BCUT2D eigenvalue weighted by atomic mass is 32.1. The molecule has 2 N–H and O–H groups in total. The molecule has 2 aliphatic heterocycles. The minimum absolute atomic E-state index is 0.0719. The van der Waals surface area contributed by atoms with E-state index in [-0.39, 0.29) is 18.0 Å². The van der Waals surface area contributed by atoms with E-state index in [0.29, 0.717) is 24.4 Å². The van der Waals surface area contributed by atoms with Gasteiger partial charge in [-0.2, -0.15) is 0 Å². The minimum Gasteiger partial charge on any atom is -0.467 e. The lowest BCUT2D eigenvalue weighted by Gasteiger charge is -2.24. The van der Waals surface area contributed by atoms with Crippen molar-refractivity contribution in [1.29, 1.82) is 0 Å². The first kappa shape index (κ1) is 13.1. The third-order valence-corrected chi connectivity index (χ3v) is 4.71. The number of hydrogen-bond donors (Lipinski definition) is 2. The van der Waals surface area contributed by atoms with E-state index in [0.717, 1.165) is 10.6 Å². The molecule has 4 heterocycles. The van der Waals surface area contributed by atoms with E-state index in [9.17, 15) is 9.59 Å². The molecule has 0 bridgehead atoms. The highest BCUT2D eigenvalue weighted by molar-refractivity contribution is 7.10. The Morgan fingerprint density at radius 1 is 1.32 bits per heavy atom. The maximum absolute atomic E-state index is 12.7. The Morgan fingerprint density at radius 3 is 2.95 bits per heavy atom. The first-order valence-electron chi connectivity index (χ1n) is 6.88. The van der Waals surface area contributed by atoms with Crippen LogP contribution < -0.4 is 10.6 Å². The van der Waals surface area contributed by atoms with Crippen molar-refractivity contribution in [3.05, 3.63) is 57.8 Å². The second-order valence-corrected chi connectivity index (χ2v) is 6.16. The normalized spacial score (nSPS) is 20.9. The molecule has 0 spiro atoms. The number of carbonyl (C=O) groups excluding carboxylic acids is 2. The molecule has 0 radical (unpaired) electrons. The van der Waals surface area contributed by atoms with E-state index in [2.05, 4.69) is 10.6 Å². The molecule has 0 saturated carbocycles. The summed E-state index contributed by atoms with van der Waals surface area (Å²) in [6, 6.07) is 6.81. The molecule has 2 aromatic heterocycles. The lowest BCUT2D eigenvalue weighted by molar-refractivity contribution is -0.126. The maximum atomic E-state index is 12.7. The summed E-state index contributed by atoms with van der Waals surface area (Å²) >= 11 is 1.52. The molecule has 0 fully saturated rings. The van der Waals surface area contributed by atoms with Crippen LogP contribution >= 0.6 is 11.3 Å². The summed E-state index contributed by atoms with van der Waals surface area (Å²) in [6.45, 7) is 0.788. The number of thiophene rings is 1. The van der Waals surface area contributed by atoms with Crippen molar-refractivity contribution in [2.45, 2.75) is 12.6 Å². The number of furan rings is 1. The Morgan fingerprint density at radius 2 is 2.23 bits per heavy atom. The van der Waals surface area contributed by atoms with Crippen LogP contribution in [0, 0.1) is 0 Å². The second-order valence-electron chi connectivity index (χ2n) is 5.18. The van der Waals surface area contributed by atoms with Crippen molar-refractivity contribution < 1.29 is 14.0 Å². The molecule has 0 aliphatic carbocycles. The Bertz CT molecular complexity index is 749. The zero-order chi connectivity index (χ0) is 15.1. The highest BCUT2D eigenvalue weighted by Crippen LogP contribution is 2.34. The third kappa shape index (κ3) is 2.10. The molecule has 7 heteroatoms. The summed E-state index contributed by atoms with van der Waals surface area (Å²) < 4.78 is 5.30. The lowest BCUT2D eigenvalue weighted by Crippen LogP contribution is -2.44. The fourth-order valence-corrected chi connectivity index (χ4v) is 3.60. The molecule has 2 aliphatic rings. The van der Waals surface area contributed by atoms with Crippen molar-refractivity contribution in [1.82, 2.24) is 15.5 Å². The van der Waals surface area contributed by atoms with Crippen LogP contribution in [0.1, 0.15) is 16.7 Å². The Kier molecular flexibility index (Phi) is 3.00. The predicted molar refractivity (Wildman–Crippen MR) is 79.9 cm³/mol. The fourth-order valence-electron chi connectivity index (χ4n) is 2.82. The summed E-state index contributed by atoms with van der Waals surface area (Å²) in [7, 11) is 0. The van der Waals surface area contributed by atoms with Gasteiger partial charge in [0.15, 0.2) is 0 Å². The van der Waals surface area contributed by atoms with Crippen LogP contribution in [0.25, 0.3) is 0 Å². The highest BCUT2D eigenvalue weighted by Gasteiger charge is 2.40. The number of nitrogens with one attached hydrogen (secondary N) is 2. The van der Waals surface area contributed by atoms with Gasteiger partial charge in [-0.25, -0.2) is 4.79 Å². The summed E-state index contributed by atoms with van der Waals surface area (Å²) in [5, 5.41) is 7.52. The Labute approximate surface area is 130 Å². The van der Waals surface area contributed by atoms with Gasteiger partial charge in [-0.1, -0.05) is 6.07 Å². The molecule has 1 atom stereocenters. The number of nitrogens with zero attached hydrogens (tertiary/aromatic N) is 1. The van der Waals surface area contributed by atoms with Crippen molar-refractivity contribution in [2.24, 2.45) is 0 Å². The Hall–Kier alpha value is -2.54. The maximum Gasteiger partial charge on any atom is 0.319 e. The van der Waals surface area contributed by atoms with Crippen molar-refractivity contribution in [2.75, 3.05) is 6.54 Å². The average Bonchev–Trinajstić information content (AvgIpc) is 3.22. The van der Waals surface area contributed by atoms with E-state index in [4.69, 9.17) is 4.42 Å². The zero-order valence-corrected chi connectivity index (χ0v) is 12.4. The van der Waals surface area contributed by atoms with Crippen LogP contribution in [0.3, 0.4) is 0 Å². The summed E-state index contributed by atoms with van der Waals surface area (Å²) in [5.41, 5.74) is 1.30. The first-order valence-corrected chi connectivity index (χ1v) is 7.76. The van der Waals surface area contributed by atoms with Gasteiger partial charge in [-0.05, 0) is 23.6 Å². The number of carbonyl (C=O) groups is 2. The van der Waals surface area contributed by atoms with Crippen LogP contribution in [0.4, 0.5) is 4.79 Å². The van der Waals surface area contributed by atoms with Gasteiger partial charge in [0.05, 0.1) is 36.7 Å². The smallest absolute Gasteiger partial charge is 0.319 e. The van der Waals surface area contributed by atoms with Gasteiger partial charge in [0.25, 0.3) is 5.91 Å². The van der Waals surface area contributed by atoms with Gasteiger partial charge in [-0.15, -0.1) is 11.3 Å². The van der Waals surface area contributed by atoms with Gasteiger partial charge < -0.3 is 20.0 Å². The standard InChI is InChI=1S/C15H13N3O3S/c19-14-12-10(8-18(14)7-9-3-1-5-21-9)16-15(20)17-13(12)11-4-2-6-22-11/h1-6,13H,7-8H2,(H2,16,17,20)/t13-/m0/s1. The SMILES string of the molecule is O=C1NC2=C(C(=O)N(Cc3ccco3)C2)[C@H](c2cccs2)N1. The van der Waals surface area contributed by atoms with E-state index in [1.54, 1.807) is 17.2 Å². The lowest BCUT2D eigenvalue weighted by atomic mass is 10.0. The fraction of sp³-hybridized carbons (Fsp3) is 0.200. The third-order valence-electron chi connectivity index (χ3n) is 3.77. The molecule has 0 aromatic carbocycles. The summed E-state index contributed by atoms with van der Waals surface area (Å²) in [6.07, 6.45) is 1.58. The molecule has 0 unspecified atom stereocenters. The molecular formula is C15H13N3O3S. The predicted octanol–water partition coefficient (Wildman–Crippen LogP) is 1.99. The second kappa shape index (κ2) is 5.03. The molecule has 0 saturated heterocycles. The van der Waals surface area contributed by atoms with Crippen LogP contribution in [-0.2, 0) is 11.3 Å². The molecule has 4 rings (SSSR count). The molecule has 2 aromatic rings. The van der Waals surface area contributed by atoms with Crippen LogP contribution in [-0.4, -0.2) is 23.4 Å². The zero-order valence-electron chi connectivity index (χ0n) is 11.5. The minimum atomic E-state index is -0.377. The van der Waals surface area contributed by atoms with Crippen molar-refractivity contribution >= 4 is 23.3 Å². The number of urea groups is 1. The van der Waals surface area contributed by atoms with E-state index in [1.165, 1.54) is 11.3 Å². The van der Waals surface area contributed by atoms with Crippen LogP contribution in [0.2, 0.25) is 0 Å². The van der Waals surface area contributed by atoms with Gasteiger partial charge in [0.1, 0.15) is 5.76 Å². The quantitative estimate of drug-likeness (QED) is 0.909. The molecular weight excluding hydrogens is 302 g/mol. The van der Waals surface area contributed by atoms with Gasteiger partial charge >= 0.3 is 6.03 Å². The Balaban J connectivity index is 1.64. The largest absolute Gasteiger partial charge is 0.467 e. The topological polar surface area (TPSA) is 74.6 Å². The molecule has 3 amide bonds. The summed E-state index contributed by atoms with van der Waals surface area (Å²) in [5.74, 6) is 0.650. The van der Waals surface area contributed by atoms with Gasteiger partial charge in [0, 0.05) is 4.88 Å². The van der Waals surface area contributed by atoms with E-state index < -0.39 is 0 Å². The molecule has 112 valence electrons. The molecule has 6 nitrogen and oxygen atoms in total. The van der Waals surface area contributed by atoms with Crippen LogP contribution in [0.5, 0.6) is 0 Å². The first-order chi connectivity index (χ1) is 10.7. The van der Waals surface area contributed by atoms with Crippen molar-refractivity contribution in [3.63, 3.8) is 0 Å². The van der Waals surface area contributed by atoms with E-state index >= 15 is 0 Å². The summed E-state index contributed by atoms with van der Waals surface area (Å²) in [4.78, 5) is 27.2. The van der Waals surface area contributed by atoms with Crippen molar-refractivity contribution in [3.8, 4) is 0 Å². The van der Waals surface area contributed by atoms with E-state index in [1.807, 2.05) is 23.6 Å². The van der Waals surface area contributed by atoms with Crippen LogP contribution in [0.15, 0.2) is 51.6 Å². The molecule has 22 heavy (non-hydrogen) atoms. The van der Waals surface area contributed by atoms with Gasteiger partial charge in [0.2, 0.25) is 0 Å². The monoisotopic (exact) mass is 315 g/mol. The number of amides is 3. The average molecular weight is 315 g/mol. The van der Waals surface area contributed by atoms with Gasteiger partial charge in [-0.3, -0.25) is 4.79 Å². The number of hydrogen-bond acceptors (Lipinski definition) is 4.